The van der Waals surface area contributed by atoms with Crippen molar-refractivity contribution in [2.45, 2.75) is 62.8 Å². The molecule has 1 amide bonds. The van der Waals surface area contributed by atoms with Gasteiger partial charge in [0.15, 0.2) is 0 Å². The zero-order chi connectivity index (χ0) is 17.5. The summed E-state index contributed by atoms with van der Waals surface area (Å²) in [6.45, 7) is 6.12. The lowest BCUT2D eigenvalue weighted by atomic mass is 10.1. The lowest BCUT2D eigenvalue weighted by molar-refractivity contribution is -0.121. The molecule has 3 nitrogen and oxygen atoms in total. The van der Waals surface area contributed by atoms with Gasteiger partial charge in [-0.2, -0.15) is 0 Å². The zero-order valence-electron chi connectivity index (χ0n) is 13.9. The molecule has 0 saturated heterocycles. The van der Waals surface area contributed by atoms with Gasteiger partial charge in [-0.15, -0.1) is 0 Å². The lowest BCUT2D eigenvalue weighted by Crippen LogP contribution is -2.49. The Morgan fingerprint density at radius 3 is 2.43 bits per heavy atom. The van der Waals surface area contributed by atoms with Crippen LogP contribution in [0.4, 0.5) is 5.69 Å². The summed E-state index contributed by atoms with van der Waals surface area (Å²) in [4.78, 5) is 12.1. The van der Waals surface area contributed by atoms with Crippen molar-refractivity contribution in [3.05, 3.63) is 29.3 Å². The van der Waals surface area contributed by atoms with Crippen LogP contribution in [0.1, 0.15) is 50.2 Å². The Kier molecular flexibility index (Phi) is 8.52. The van der Waals surface area contributed by atoms with Gasteiger partial charge in [0.2, 0.25) is 9.70 Å². The number of rotatable bonds is 8. The second-order valence-electron chi connectivity index (χ2n) is 5.82. The van der Waals surface area contributed by atoms with Crippen LogP contribution in [0.2, 0.25) is 0 Å². The first-order valence-electron chi connectivity index (χ1n) is 7.94. The average molecular weight is 380 g/mol. The van der Waals surface area contributed by atoms with E-state index in [0.29, 0.717) is 6.42 Å². The van der Waals surface area contributed by atoms with Crippen LogP contribution in [0, 0.1) is 13.8 Å². The van der Waals surface area contributed by atoms with Gasteiger partial charge in [-0.05, 0) is 31.9 Å². The number of aryl methyl sites for hydroxylation is 2. The van der Waals surface area contributed by atoms with Crippen LogP contribution in [0.25, 0.3) is 0 Å². The van der Waals surface area contributed by atoms with E-state index in [9.17, 15) is 4.79 Å². The van der Waals surface area contributed by atoms with E-state index in [4.69, 9.17) is 34.8 Å². The number of halogens is 3. The number of unbranched alkanes of at least 4 members (excludes halogenated alkanes) is 3. The minimum absolute atomic E-state index is 0.116. The van der Waals surface area contributed by atoms with E-state index >= 15 is 0 Å². The van der Waals surface area contributed by atoms with Gasteiger partial charge in [0, 0.05) is 12.1 Å². The number of alkyl halides is 3. The van der Waals surface area contributed by atoms with Gasteiger partial charge in [0.1, 0.15) is 6.17 Å². The Hall–Kier alpha value is -0.640. The normalized spacial score (nSPS) is 12.8. The predicted molar refractivity (Wildman–Crippen MR) is 101 cm³/mol. The summed E-state index contributed by atoms with van der Waals surface area (Å²) >= 11 is 18.0. The standard InChI is InChI=1S/C17H25Cl3N2O/c1-4-5-6-7-8-15(23)22-16(17(18,19)20)21-14-10-9-12(2)11-13(14)3/h9-11,16,21H,4-8H2,1-3H3,(H,22,23)/t16-/m0/s1. The third kappa shape index (κ3) is 7.65. The SMILES string of the molecule is CCCCCCC(=O)N[C@H](Nc1ccc(C)cc1C)C(Cl)(Cl)Cl. The van der Waals surface area contributed by atoms with Crippen molar-refractivity contribution in [3.63, 3.8) is 0 Å². The third-order valence-corrected chi connectivity index (χ3v) is 4.23. The molecule has 130 valence electrons. The molecule has 0 aliphatic heterocycles. The summed E-state index contributed by atoms with van der Waals surface area (Å²) in [7, 11) is 0. The summed E-state index contributed by atoms with van der Waals surface area (Å²) in [6, 6.07) is 5.92. The molecule has 1 rings (SSSR count). The first-order chi connectivity index (χ1) is 10.7. The molecule has 1 aromatic carbocycles. The molecule has 0 aliphatic rings. The largest absolute Gasteiger partial charge is 0.362 e. The monoisotopic (exact) mass is 378 g/mol. The molecule has 0 aromatic heterocycles. The van der Waals surface area contributed by atoms with Crippen LogP contribution in [0.15, 0.2) is 18.2 Å². The number of carbonyl (C=O) groups is 1. The Morgan fingerprint density at radius 2 is 1.87 bits per heavy atom. The maximum atomic E-state index is 12.1. The van der Waals surface area contributed by atoms with Gasteiger partial charge in [0.25, 0.3) is 0 Å². The fraction of sp³-hybridized carbons (Fsp3) is 0.588. The number of carbonyl (C=O) groups excluding carboxylic acids is 1. The van der Waals surface area contributed by atoms with Crippen molar-refractivity contribution >= 4 is 46.4 Å². The Balaban J connectivity index is 2.68. The maximum absolute atomic E-state index is 12.1. The van der Waals surface area contributed by atoms with E-state index in [2.05, 4.69) is 17.6 Å². The number of nitrogens with one attached hydrogen (secondary N) is 2. The van der Waals surface area contributed by atoms with Crippen molar-refractivity contribution in [3.8, 4) is 0 Å². The van der Waals surface area contributed by atoms with E-state index in [1.165, 1.54) is 0 Å². The van der Waals surface area contributed by atoms with Crippen LogP contribution in [0.5, 0.6) is 0 Å². The molecular formula is C17H25Cl3N2O. The molecule has 0 heterocycles. The molecular weight excluding hydrogens is 355 g/mol. The van der Waals surface area contributed by atoms with Gasteiger partial charge >= 0.3 is 0 Å². The number of hydrogen-bond acceptors (Lipinski definition) is 2. The third-order valence-electron chi connectivity index (χ3n) is 3.57. The number of amides is 1. The highest BCUT2D eigenvalue weighted by molar-refractivity contribution is 6.68. The number of benzene rings is 1. The lowest BCUT2D eigenvalue weighted by Gasteiger charge is -2.28. The van der Waals surface area contributed by atoms with Crippen LogP contribution in [0.3, 0.4) is 0 Å². The predicted octanol–water partition coefficient (Wildman–Crippen LogP) is 5.50. The van der Waals surface area contributed by atoms with Crippen molar-refractivity contribution in [1.29, 1.82) is 0 Å². The van der Waals surface area contributed by atoms with Gasteiger partial charge in [-0.25, -0.2) is 0 Å². The van der Waals surface area contributed by atoms with Crippen LogP contribution < -0.4 is 10.6 Å². The second kappa shape index (κ2) is 9.61. The Morgan fingerprint density at radius 1 is 1.17 bits per heavy atom. The summed E-state index contributed by atoms with van der Waals surface area (Å²) in [5, 5.41) is 5.90. The van der Waals surface area contributed by atoms with E-state index < -0.39 is 9.96 Å². The molecule has 1 atom stereocenters. The summed E-state index contributed by atoms with van der Waals surface area (Å²) in [5.74, 6) is -0.116. The van der Waals surface area contributed by atoms with Gasteiger partial charge < -0.3 is 10.6 Å². The second-order valence-corrected chi connectivity index (χ2v) is 8.18. The number of anilines is 1. The molecule has 0 saturated carbocycles. The fourth-order valence-electron chi connectivity index (χ4n) is 2.28. The first kappa shape index (κ1) is 20.4. The molecule has 0 spiro atoms. The molecule has 2 N–H and O–H groups in total. The van der Waals surface area contributed by atoms with Crippen LogP contribution >= 0.6 is 34.8 Å². The average Bonchev–Trinajstić information content (AvgIpc) is 2.44. The number of hydrogen-bond donors (Lipinski definition) is 2. The molecule has 0 fully saturated rings. The highest BCUT2D eigenvalue weighted by Gasteiger charge is 2.34. The Bertz CT molecular complexity index is 515. The Labute approximate surface area is 154 Å². The van der Waals surface area contributed by atoms with Crippen molar-refractivity contribution in [2.24, 2.45) is 0 Å². The molecule has 1 aromatic rings. The van der Waals surface area contributed by atoms with Gasteiger partial charge in [-0.3, -0.25) is 4.79 Å². The summed E-state index contributed by atoms with van der Waals surface area (Å²) < 4.78 is -1.64. The molecule has 6 heteroatoms. The molecule has 0 radical (unpaired) electrons. The first-order valence-corrected chi connectivity index (χ1v) is 9.07. The van der Waals surface area contributed by atoms with E-state index in [-0.39, 0.29) is 5.91 Å². The topological polar surface area (TPSA) is 41.1 Å². The molecule has 0 unspecified atom stereocenters. The molecule has 23 heavy (non-hydrogen) atoms. The van der Waals surface area contributed by atoms with Crippen molar-refractivity contribution in [2.75, 3.05) is 5.32 Å². The van der Waals surface area contributed by atoms with Crippen molar-refractivity contribution < 1.29 is 4.79 Å². The summed E-state index contributed by atoms with van der Waals surface area (Å²) in [6.07, 6.45) is 3.79. The van der Waals surface area contributed by atoms with Crippen LogP contribution in [-0.2, 0) is 4.79 Å². The van der Waals surface area contributed by atoms with E-state index in [0.717, 1.165) is 42.5 Å². The van der Waals surface area contributed by atoms with E-state index in [1.807, 2.05) is 32.0 Å². The zero-order valence-corrected chi connectivity index (χ0v) is 16.2. The smallest absolute Gasteiger partial charge is 0.228 e. The van der Waals surface area contributed by atoms with Crippen LogP contribution in [-0.4, -0.2) is 15.9 Å². The fourth-order valence-corrected chi connectivity index (χ4v) is 2.60. The van der Waals surface area contributed by atoms with Crippen molar-refractivity contribution in [1.82, 2.24) is 5.32 Å². The quantitative estimate of drug-likeness (QED) is 0.356. The van der Waals surface area contributed by atoms with E-state index in [1.54, 1.807) is 0 Å². The van der Waals surface area contributed by atoms with Gasteiger partial charge in [0.05, 0.1) is 0 Å². The van der Waals surface area contributed by atoms with Gasteiger partial charge in [-0.1, -0.05) is 78.7 Å². The highest BCUT2D eigenvalue weighted by atomic mass is 35.6. The summed E-state index contributed by atoms with van der Waals surface area (Å²) in [5.41, 5.74) is 3.01. The minimum atomic E-state index is -1.64. The molecule has 0 aliphatic carbocycles. The maximum Gasteiger partial charge on any atom is 0.228 e. The molecule has 0 bridgehead atoms. The highest BCUT2D eigenvalue weighted by Crippen LogP contribution is 2.32. The minimum Gasteiger partial charge on any atom is -0.362 e.